The summed E-state index contributed by atoms with van der Waals surface area (Å²) in [7, 11) is 0. The predicted molar refractivity (Wildman–Crippen MR) is 76.3 cm³/mol. The molecule has 0 aliphatic carbocycles. The monoisotopic (exact) mass is 279 g/mol. The van der Waals surface area contributed by atoms with Gasteiger partial charge in [-0.3, -0.25) is 9.69 Å². The number of nitrogens with one attached hydrogen (secondary N) is 1. The lowest BCUT2D eigenvalue weighted by Gasteiger charge is -2.16. The van der Waals surface area contributed by atoms with Crippen LogP contribution in [0.2, 0.25) is 0 Å². The molecule has 0 aliphatic rings. The third-order valence-corrected chi connectivity index (χ3v) is 2.67. The van der Waals surface area contributed by atoms with E-state index in [1.807, 2.05) is 31.2 Å². The minimum Gasteiger partial charge on any atom is -0.494 e. The van der Waals surface area contributed by atoms with E-state index in [0.717, 1.165) is 16.2 Å². The van der Waals surface area contributed by atoms with Crippen molar-refractivity contribution >= 4 is 12.4 Å². The summed E-state index contributed by atoms with van der Waals surface area (Å²) in [6.07, 6.45) is 1.11. The molecule has 0 radical (unpaired) electrons. The Morgan fingerprint density at radius 1 is 1.40 bits per heavy atom. The van der Waals surface area contributed by atoms with Crippen LogP contribution in [0.25, 0.3) is 0 Å². The average molecular weight is 279 g/mol. The molecule has 3 N–H and O–H groups in total. The van der Waals surface area contributed by atoms with Gasteiger partial charge in [-0.15, -0.1) is 0 Å². The molecule has 0 aliphatic heterocycles. The molecule has 0 saturated heterocycles. The lowest BCUT2D eigenvalue weighted by molar-refractivity contribution is -0.115. The second-order valence-corrected chi connectivity index (χ2v) is 4.18. The molecule has 0 atom stereocenters. The van der Waals surface area contributed by atoms with Gasteiger partial charge in [0.2, 0.25) is 6.41 Å². The normalized spacial score (nSPS) is 9.90. The number of rotatable bonds is 8. The summed E-state index contributed by atoms with van der Waals surface area (Å²) >= 11 is 0. The van der Waals surface area contributed by atoms with E-state index in [2.05, 4.69) is 5.32 Å². The largest absolute Gasteiger partial charge is 0.494 e. The van der Waals surface area contributed by atoms with Gasteiger partial charge < -0.3 is 15.8 Å². The fourth-order valence-electron chi connectivity index (χ4n) is 1.61. The fourth-order valence-corrected chi connectivity index (χ4v) is 1.61. The number of hydrogen-bond donors (Lipinski definition) is 2. The van der Waals surface area contributed by atoms with Gasteiger partial charge in [0.1, 0.15) is 5.75 Å². The van der Waals surface area contributed by atoms with Gasteiger partial charge in [-0.1, -0.05) is 12.1 Å². The van der Waals surface area contributed by atoms with Crippen molar-refractivity contribution in [2.45, 2.75) is 19.9 Å². The number of benzene rings is 1. The maximum Gasteiger partial charge on any atom is 0.324 e. The Labute approximate surface area is 118 Å². The van der Waals surface area contributed by atoms with Gasteiger partial charge in [-0.05, 0) is 37.6 Å². The molecule has 6 heteroatoms. The Balaban J connectivity index is 2.44. The lowest BCUT2D eigenvalue weighted by atomic mass is 10.2. The third kappa shape index (κ3) is 5.27. The zero-order valence-electron chi connectivity index (χ0n) is 11.7. The standard InChI is InChI=1S/C14H21N3O3/c1-2-20-13-6-4-12(5-7-13)10-16-14(19)17(11-18)9-3-8-15/h4-7,11H,2-3,8-10,15H2,1H3,(H,16,19). The molecule has 6 nitrogen and oxygen atoms in total. The van der Waals surface area contributed by atoms with Crippen molar-refractivity contribution in [1.82, 2.24) is 10.2 Å². The zero-order valence-corrected chi connectivity index (χ0v) is 11.7. The van der Waals surface area contributed by atoms with Crippen LogP contribution in [0, 0.1) is 0 Å². The summed E-state index contributed by atoms with van der Waals surface area (Å²) in [5.74, 6) is 0.792. The highest BCUT2D eigenvalue weighted by atomic mass is 16.5. The molecule has 20 heavy (non-hydrogen) atoms. The van der Waals surface area contributed by atoms with Crippen LogP contribution in [0.15, 0.2) is 24.3 Å². The van der Waals surface area contributed by atoms with E-state index in [-0.39, 0.29) is 0 Å². The summed E-state index contributed by atoms with van der Waals surface area (Å²) in [5.41, 5.74) is 6.29. The van der Waals surface area contributed by atoms with Crippen molar-refractivity contribution in [1.29, 1.82) is 0 Å². The number of carbonyl (C=O) groups is 2. The summed E-state index contributed by atoms with van der Waals surface area (Å²) in [6, 6.07) is 7.02. The van der Waals surface area contributed by atoms with Gasteiger partial charge >= 0.3 is 6.03 Å². The first kappa shape index (κ1) is 16.0. The molecule has 1 rings (SSSR count). The van der Waals surface area contributed by atoms with Crippen molar-refractivity contribution in [3.8, 4) is 5.75 Å². The summed E-state index contributed by atoms with van der Waals surface area (Å²) < 4.78 is 5.33. The number of ether oxygens (including phenoxy) is 1. The zero-order chi connectivity index (χ0) is 14.8. The summed E-state index contributed by atoms with van der Waals surface area (Å²) in [5, 5.41) is 2.68. The summed E-state index contributed by atoms with van der Waals surface area (Å²) in [6.45, 7) is 3.67. The van der Waals surface area contributed by atoms with Crippen molar-refractivity contribution < 1.29 is 14.3 Å². The quantitative estimate of drug-likeness (QED) is 0.698. The first-order valence-corrected chi connectivity index (χ1v) is 6.62. The van der Waals surface area contributed by atoms with Gasteiger partial charge in [-0.2, -0.15) is 0 Å². The van der Waals surface area contributed by atoms with Crippen molar-refractivity contribution in [2.75, 3.05) is 19.7 Å². The van der Waals surface area contributed by atoms with E-state index in [4.69, 9.17) is 10.5 Å². The van der Waals surface area contributed by atoms with E-state index < -0.39 is 6.03 Å². The van der Waals surface area contributed by atoms with Gasteiger partial charge in [0, 0.05) is 13.1 Å². The minimum absolute atomic E-state index is 0.328. The first-order valence-electron chi connectivity index (χ1n) is 6.62. The number of imide groups is 1. The van der Waals surface area contributed by atoms with Crippen molar-refractivity contribution in [3.05, 3.63) is 29.8 Å². The second kappa shape index (κ2) is 8.92. The second-order valence-electron chi connectivity index (χ2n) is 4.18. The van der Waals surface area contributed by atoms with Crippen molar-refractivity contribution in [2.24, 2.45) is 5.73 Å². The lowest BCUT2D eigenvalue weighted by Crippen LogP contribution is -2.39. The van der Waals surface area contributed by atoms with Crippen LogP contribution in [-0.2, 0) is 11.3 Å². The Morgan fingerprint density at radius 2 is 2.10 bits per heavy atom. The van der Waals surface area contributed by atoms with Gasteiger partial charge in [0.05, 0.1) is 6.61 Å². The maximum atomic E-state index is 11.7. The fraction of sp³-hybridized carbons (Fsp3) is 0.429. The average Bonchev–Trinajstić information content (AvgIpc) is 2.47. The molecule has 0 aromatic heterocycles. The van der Waals surface area contributed by atoms with Crippen LogP contribution in [-0.4, -0.2) is 37.0 Å². The Bertz CT molecular complexity index is 420. The Hall–Kier alpha value is -2.08. The van der Waals surface area contributed by atoms with E-state index >= 15 is 0 Å². The molecule has 0 spiro atoms. The van der Waals surface area contributed by atoms with Gasteiger partial charge in [0.15, 0.2) is 0 Å². The number of hydrogen-bond acceptors (Lipinski definition) is 4. The van der Waals surface area contributed by atoms with E-state index in [1.165, 1.54) is 0 Å². The number of urea groups is 1. The number of nitrogens with zero attached hydrogens (tertiary/aromatic N) is 1. The summed E-state index contributed by atoms with van der Waals surface area (Å²) in [4.78, 5) is 23.6. The highest BCUT2D eigenvalue weighted by Crippen LogP contribution is 2.11. The van der Waals surface area contributed by atoms with Gasteiger partial charge in [-0.25, -0.2) is 4.79 Å². The van der Waals surface area contributed by atoms with Crippen LogP contribution < -0.4 is 15.8 Å². The molecule has 1 aromatic rings. The van der Waals surface area contributed by atoms with Gasteiger partial charge in [0.25, 0.3) is 0 Å². The highest BCUT2D eigenvalue weighted by Gasteiger charge is 2.10. The Kier molecular flexibility index (Phi) is 7.13. The van der Waals surface area contributed by atoms with E-state index in [0.29, 0.717) is 39.1 Å². The molecule has 1 aromatic carbocycles. The van der Waals surface area contributed by atoms with Crippen LogP contribution in [0.4, 0.5) is 4.79 Å². The molecule has 0 saturated carbocycles. The molecule has 0 bridgehead atoms. The molecule has 3 amide bonds. The van der Waals surface area contributed by atoms with E-state index in [1.54, 1.807) is 0 Å². The molecule has 0 unspecified atom stereocenters. The van der Waals surface area contributed by atoms with Crippen LogP contribution in [0.1, 0.15) is 18.9 Å². The molecular weight excluding hydrogens is 258 g/mol. The van der Waals surface area contributed by atoms with Crippen molar-refractivity contribution in [3.63, 3.8) is 0 Å². The number of nitrogens with two attached hydrogens (primary N) is 1. The molecule has 0 heterocycles. The SMILES string of the molecule is CCOc1ccc(CNC(=O)N(C=O)CCCN)cc1. The molecule has 110 valence electrons. The molecular formula is C14H21N3O3. The third-order valence-electron chi connectivity index (χ3n) is 2.67. The van der Waals surface area contributed by atoms with Crippen LogP contribution >= 0.6 is 0 Å². The smallest absolute Gasteiger partial charge is 0.324 e. The maximum absolute atomic E-state index is 11.7. The highest BCUT2D eigenvalue weighted by molar-refractivity contribution is 5.84. The Morgan fingerprint density at radius 3 is 2.65 bits per heavy atom. The number of carbonyl (C=O) groups excluding carboxylic acids is 2. The minimum atomic E-state index is -0.415. The van der Waals surface area contributed by atoms with Crippen LogP contribution in [0.5, 0.6) is 5.75 Å². The first-order chi connectivity index (χ1) is 9.71. The topological polar surface area (TPSA) is 84.7 Å². The number of amides is 3. The molecule has 0 fully saturated rings. The van der Waals surface area contributed by atoms with Crippen LogP contribution in [0.3, 0.4) is 0 Å². The van der Waals surface area contributed by atoms with E-state index in [9.17, 15) is 9.59 Å². The predicted octanol–water partition coefficient (Wildman–Crippen LogP) is 1.10.